The van der Waals surface area contributed by atoms with Crippen molar-refractivity contribution in [2.75, 3.05) is 0 Å². The molecule has 6 nitrogen and oxygen atoms in total. The SMILES string of the molecule is Cn1c2ccccc2c(=O)c2c(=O)n(Cc3ccco3)c(-c3cccs3)nc21. The number of aromatic nitrogens is 3. The molecule has 0 saturated heterocycles. The largest absolute Gasteiger partial charge is 0.467 e. The minimum absolute atomic E-state index is 0.0908. The second-order valence-electron chi connectivity index (χ2n) is 6.49. The maximum absolute atomic E-state index is 13.5. The highest BCUT2D eigenvalue weighted by Crippen LogP contribution is 2.25. The van der Waals surface area contributed by atoms with Gasteiger partial charge in [0, 0.05) is 12.4 Å². The number of fused-ring (bicyclic) bond motifs is 2. The number of nitrogens with zero attached hydrogens (tertiary/aromatic N) is 3. The Morgan fingerprint density at radius 1 is 1.07 bits per heavy atom. The highest BCUT2D eigenvalue weighted by Gasteiger charge is 2.20. The van der Waals surface area contributed by atoms with Crippen LogP contribution in [-0.4, -0.2) is 14.1 Å². The molecule has 4 heterocycles. The fraction of sp³-hybridized carbons (Fsp3) is 0.0952. The van der Waals surface area contributed by atoms with Gasteiger partial charge >= 0.3 is 0 Å². The van der Waals surface area contributed by atoms with E-state index >= 15 is 0 Å². The number of pyridine rings is 1. The lowest BCUT2D eigenvalue weighted by Crippen LogP contribution is -2.29. The molecule has 0 bridgehead atoms. The minimum Gasteiger partial charge on any atom is -0.467 e. The predicted octanol–water partition coefficient (Wildman–Crippen LogP) is 3.62. The average Bonchev–Trinajstić information content (AvgIpc) is 3.41. The van der Waals surface area contributed by atoms with Gasteiger partial charge in [-0.25, -0.2) is 4.98 Å². The zero-order chi connectivity index (χ0) is 19.3. The number of furan rings is 1. The maximum Gasteiger partial charge on any atom is 0.267 e. The Hall–Kier alpha value is -3.45. The summed E-state index contributed by atoms with van der Waals surface area (Å²) in [6, 6.07) is 14.6. The second-order valence-corrected chi connectivity index (χ2v) is 7.43. The van der Waals surface area contributed by atoms with E-state index < -0.39 is 0 Å². The van der Waals surface area contributed by atoms with Gasteiger partial charge in [0.15, 0.2) is 11.5 Å². The average molecular weight is 389 g/mol. The van der Waals surface area contributed by atoms with Gasteiger partial charge in [-0.1, -0.05) is 18.2 Å². The topological polar surface area (TPSA) is 70.0 Å². The number of rotatable bonds is 3. The lowest BCUT2D eigenvalue weighted by molar-refractivity contribution is 0.490. The van der Waals surface area contributed by atoms with E-state index in [2.05, 4.69) is 0 Å². The summed E-state index contributed by atoms with van der Waals surface area (Å²) < 4.78 is 8.76. The summed E-state index contributed by atoms with van der Waals surface area (Å²) in [5.41, 5.74) is 0.462. The first-order valence-electron chi connectivity index (χ1n) is 8.73. The summed E-state index contributed by atoms with van der Waals surface area (Å²) in [5.74, 6) is 1.15. The Morgan fingerprint density at radius 3 is 2.68 bits per heavy atom. The van der Waals surface area contributed by atoms with E-state index in [1.807, 2.05) is 41.3 Å². The molecule has 0 radical (unpaired) electrons. The summed E-state index contributed by atoms with van der Waals surface area (Å²) in [6.45, 7) is 0.206. The van der Waals surface area contributed by atoms with Crippen molar-refractivity contribution in [1.29, 1.82) is 0 Å². The summed E-state index contributed by atoms with van der Waals surface area (Å²) in [5, 5.41) is 2.53. The number of benzene rings is 1. The zero-order valence-corrected chi connectivity index (χ0v) is 15.8. The van der Waals surface area contributed by atoms with Gasteiger partial charge in [0.25, 0.3) is 5.56 Å². The van der Waals surface area contributed by atoms with Crippen LogP contribution in [0.5, 0.6) is 0 Å². The lowest BCUT2D eigenvalue weighted by Gasteiger charge is -2.14. The van der Waals surface area contributed by atoms with Gasteiger partial charge in [-0.05, 0) is 35.7 Å². The molecule has 7 heteroatoms. The van der Waals surface area contributed by atoms with Crippen molar-refractivity contribution < 1.29 is 4.42 Å². The van der Waals surface area contributed by atoms with Crippen molar-refractivity contribution >= 4 is 33.3 Å². The van der Waals surface area contributed by atoms with E-state index in [0.717, 1.165) is 10.4 Å². The normalized spacial score (nSPS) is 11.5. The highest BCUT2D eigenvalue weighted by atomic mass is 32.1. The van der Waals surface area contributed by atoms with Gasteiger partial charge in [-0.2, -0.15) is 0 Å². The van der Waals surface area contributed by atoms with Crippen LogP contribution in [0.1, 0.15) is 5.76 Å². The first-order valence-corrected chi connectivity index (χ1v) is 9.61. The van der Waals surface area contributed by atoms with Crippen LogP contribution in [0.3, 0.4) is 0 Å². The van der Waals surface area contributed by atoms with Crippen LogP contribution in [0, 0.1) is 0 Å². The Labute approximate surface area is 162 Å². The molecule has 0 fully saturated rings. The number of para-hydroxylation sites is 1. The first-order chi connectivity index (χ1) is 13.6. The van der Waals surface area contributed by atoms with Gasteiger partial charge < -0.3 is 8.98 Å². The number of thiophene rings is 1. The fourth-order valence-corrected chi connectivity index (χ4v) is 4.21. The molecule has 0 aliphatic heterocycles. The molecule has 5 rings (SSSR count). The van der Waals surface area contributed by atoms with Gasteiger partial charge in [0.1, 0.15) is 11.1 Å². The summed E-state index contributed by atoms with van der Waals surface area (Å²) in [4.78, 5) is 32.2. The molecule has 0 unspecified atom stereocenters. The van der Waals surface area contributed by atoms with E-state index in [-0.39, 0.29) is 22.9 Å². The smallest absolute Gasteiger partial charge is 0.267 e. The van der Waals surface area contributed by atoms with E-state index in [0.29, 0.717) is 22.6 Å². The number of aryl methyl sites for hydroxylation is 1. The number of hydrogen-bond acceptors (Lipinski definition) is 5. The monoisotopic (exact) mass is 389 g/mol. The van der Waals surface area contributed by atoms with Crippen molar-refractivity contribution in [3.63, 3.8) is 0 Å². The third-order valence-electron chi connectivity index (χ3n) is 4.84. The first kappa shape index (κ1) is 16.7. The molecule has 0 N–H and O–H groups in total. The van der Waals surface area contributed by atoms with E-state index in [4.69, 9.17) is 9.40 Å². The van der Waals surface area contributed by atoms with Crippen LogP contribution in [0.15, 0.2) is 74.2 Å². The third kappa shape index (κ3) is 2.44. The maximum atomic E-state index is 13.5. The van der Waals surface area contributed by atoms with Crippen molar-refractivity contribution in [3.05, 3.63) is 86.5 Å². The Morgan fingerprint density at radius 2 is 1.93 bits per heavy atom. The molecular weight excluding hydrogens is 374 g/mol. The zero-order valence-electron chi connectivity index (χ0n) is 15.0. The van der Waals surface area contributed by atoms with E-state index in [1.54, 1.807) is 30.5 Å². The molecule has 28 heavy (non-hydrogen) atoms. The van der Waals surface area contributed by atoms with Gasteiger partial charge in [0.05, 0.1) is 23.2 Å². The van der Waals surface area contributed by atoms with Crippen LogP contribution in [0.2, 0.25) is 0 Å². The van der Waals surface area contributed by atoms with Crippen LogP contribution >= 0.6 is 11.3 Å². The van der Waals surface area contributed by atoms with Crippen molar-refractivity contribution in [2.24, 2.45) is 7.05 Å². The van der Waals surface area contributed by atoms with Crippen LogP contribution in [0.4, 0.5) is 0 Å². The van der Waals surface area contributed by atoms with Crippen molar-refractivity contribution in [1.82, 2.24) is 14.1 Å². The van der Waals surface area contributed by atoms with Crippen molar-refractivity contribution in [3.8, 4) is 10.7 Å². The number of hydrogen-bond donors (Lipinski definition) is 0. The molecule has 0 amide bonds. The van der Waals surface area contributed by atoms with Gasteiger partial charge in [-0.3, -0.25) is 14.2 Å². The van der Waals surface area contributed by atoms with E-state index in [1.165, 1.54) is 15.9 Å². The fourth-order valence-electron chi connectivity index (χ4n) is 3.49. The molecule has 0 aliphatic rings. The van der Waals surface area contributed by atoms with Crippen LogP contribution in [0.25, 0.3) is 32.6 Å². The molecule has 0 aliphatic carbocycles. The summed E-state index contributed by atoms with van der Waals surface area (Å²) in [6.07, 6.45) is 1.56. The molecule has 0 spiro atoms. The molecule has 5 aromatic rings. The Balaban J connectivity index is 1.94. The third-order valence-corrected chi connectivity index (χ3v) is 5.71. The van der Waals surface area contributed by atoms with E-state index in [9.17, 15) is 9.59 Å². The Bertz CT molecular complexity index is 1430. The molecule has 4 aromatic heterocycles. The summed E-state index contributed by atoms with van der Waals surface area (Å²) >= 11 is 1.49. The Kier molecular flexibility index (Phi) is 3.77. The predicted molar refractivity (Wildman–Crippen MR) is 110 cm³/mol. The van der Waals surface area contributed by atoms with Crippen LogP contribution < -0.4 is 11.0 Å². The molecule has 0 saturated carbocycles. The molecule has 1 aromatic carbocycles. The summed E-state index contributed by atoms with van der Waals surface area (Å²) in [7, 11) is 1.83. The molecule has 138 valence electrons. The van der Waals surface area contributed by atoms with Gasteiger partial charge in [0.2, 0.25) is 5.43 Å². The standard InChI is InChI=1S/C21H15N3O3S/c1-23-15-8-3-2-7-14(15)18(25)17-20(23)22-19(16-9-5-11-28-16)24(21(17)26)12-13-6-4-10-27-13/h2-11H,12H2,1H3. The lowest BCUT2D eigenvalue weighted by atomic mass is 10.1. The minimum atomic E-state index is -0.365. The molecular formula is C21H15N3O3S. The van der Waals surface area contributed by atoms with Crippen LogP contribution in [-0.2, 0) is 13.6 Å². The van der Waals surface area contributed by atoms with Crippen molar-refractivity contribution in [2.45, 2.75) is 6.54 Å². The second kappa shape index (κ2) is 6.31. The highest BCUT2D eigenvalue weighted by molar-refractivity contribution is 7.13. The van der Waals surface area contributed by atoms with Gasteiger partial charge in [-0.15, -0.1) is 11.3 Å². The quantitative estimate of drug-likeness (QED) is 0.442. The molecule has 0 atom stereocenters.